The van der Waals surface area contributed by atoms with Crippen molar-refractivity contribution < 1.29 is 9.21 Å². The first kappa shape index (κ1) is 15.7. The van der Waals surface area contributed by atoms with E-state index in [4.69, 9.17) is 4.42 Å². The van der Waals surface area contributed by atoms with Gasteiger partial charge in [-0.2, -0.15) is 0 Å². The number of nitrogens with one attached hydrogen (secondary N) is 1. The average Bonchev–Trinajstić information content (AvgIpc) is 3.27. The van der Waals surface area contributed by atoms with Crippen molar-refractivity contribution in [3.05, 3.63) is 46.0 Å². The van der Waals surface area contributed by atoms with Crippen LogP contribution in [0.15, 0.2) is 34.3 Å². The highest BCUT2D eigenvalue weighted by molar-refractivity contribution is 7.09. The van der Waals surface area contributed by atoms with E-state index < -0.39 is 0 Å². The number of piperazine rings is 1. The first-order valence-corrected chi connectivity index (χ1v) is 9.54. The van der Waals surface area contributed by atoms with Crippen LogP contribution >= 0.6 is 11.3 Å². The summed E-state index contributed by atoms with van der Waals surface area (Å²) in [6.07, 6.45) is 4.78. The average molecular weight is 345 g/mol. The van der Waals surface area contributed by atoms with Crippen molar-refractivity contribution in [2.75, 3.05) is 26.2 Å². The normalized spacial score (nSPS) is 21.5. The molecular weight excluding hydrogens is 322 g/mol. The van der Waals surface area contributed by atoms with Gasteiger partial charge in [0.1, 0.15) is 5.76 Å². The van der Waals surface area contributed by atoms with E-state index in [1.165, 1.54) is 4.88 Å². The molecule has 0 aromatic carbocycles. The molecule has 1 atom stereocenters. The first-order valence-electron chi connectivity index (χ1n) is 8.66. The molecule has 4 rings (SSSR count). The van der Waals surface area contributed by atoms with Crippen LogP contribution in [0.5, 0.6) is 0 Å². The molecule has 1 aliphatic carbocycles. The van der Waals surface area contributed by atoms with E-state index in [1.54, 1.807) is 17.6 Å². The molecule has 6 heteroatoms. The number of nitrogens with zero attached hydrogens (tertiary/aromatic N) is 2. The minimum absolute atomic E-state index is 0.0600. The van der Waals surface area contributed by atoms with Crippen molar-refractivity contribution in [1.82, 2.24) is 15.1 Å². The van der Waals surface area contributed by atoms with Crippen LogP contribution < -0.4 is 5.32 Å². The van der Waals surface area contributed by atoms with Crippen molar-refractivity contribution in [1.29, 1.82) is 0 Å². The number of hydrogen-bond donors (Lipinski definition) is 1. The van der Waals surface area contributed by atoms with E-state index in [2.05, 4.69) is 27.7 Å². The Hall–Kier alpha value is -1.79. The van der Waals surface area contributed by atoms with Crippen LogP contribution in [0.1, 0.15) is 35.1 Å². The molecule has 0 radical (unpaired) electrons. The van der Waals surface area contributed by atoms with Gasteiger partial charge in [0.15, 0.2) is 0 Å². The van der Waals surface area contributed by atoms with Crippen molar-refractivity contribution >= 4 is 17.4 Å². The second kappa shape index (κ2) is 6.99. The zero-order valence-electron chi connectivity index (χ0n) is 13.7. The highest BCUT2D eigenvalue weighted by atomic mass is 32.1. The minimum atomic E-state index is 0.0600. The number of furan rings is 1. The molecule has 1 N–H and O–H groups in total. The predicted octanol–water partition coefficient (Wildman–Crippen LogP) is 3.25. The number of thiophene rings is 1. The van der Waals surface area contributed by atoms with Gasteiger partial charge in [-0.05, 0) is 30.4 Å². The van der Waals surface area contributed by atoms with E-state index in [1.807, 2.05) is 11.0 Å². The zero-order chi connectivity index (χ0) is 16.4. The molecule has 24 heavy (non-hydrogen) atoms. The number of aryl methyl sites for hydroxylation is 1. The Kier molecular flexibility index (Phi) is 4.58. The molecule has 1 aliphatic heterocycles. The number of carbonyl (C=O) groups is 1. The lowest BCUT2D eigenvalue weighted by molar-refractivity contribution is 0.133. The molecule has 0 bridgehead atoms. The number of rotatable bonds is 3. The predicted molar refractivity (Wildman–Crippen MR) is 94.1 cm³/mol. The zero-order valence-corrected chi connectivity index (χ0v) is 14.6. The van der Waals surface area contributed by atoms with Gasteiger partial charge in [-0.15, -0.1) is 11.3 Å². The Morgan fingerprint density at radius 1 is 1.29 bits per heavy atom. The molecule has 1 unspecified atom stereocenters. The summed E-state index contributed by atoms with van der Waals surface area (Å²) in [5, 5.41) is 5.32. The number of hydrogen-bond acceptors (Lipinski definition) is 4. The maximum Gasteiger partial charge on any atom is 0.317 e. The summed E-state index contributed by atoms with van der Waals surface area (Å²) < 4.78 is 5.51. The maximum absolute atomic E-state index is 12.6. The molecule has 2 amide bonds. The van der Waals surface area contributed by atoms with Crippen LogP contribution in [0.3, 0.4) is 0 Å². The lowest BCUT2D eigenvalue weighted by Gasteiger charge is -2.35. The van der Waals surface area contributed by atoms with Gasteiger partial charge in [0.25, 0.3) is 0 Å². The Bertz CT molecular complexity index is 674. The number of carbonyl (C=O) groups excluding carboxylic acids is 1. The molecular formula is C18H23N3O2S. The maximum atomic E-state index is 12.6. The third-order valence-electron chi connectivity index (χ3n) is 4.97. The summed E-state index contributed by atoms with van der Waals surface area (Å²) in [6.45, 7) is 4.46. The summed E-state index contributed by atoms with van der Waals surface area (Å²) in [6, 6.07) is 6.43. The van der Waals surface area contributed by atoms with Gasteiger partial charge in [0.05, 0.1) is 12.3 Å². The van der Waals surface area contributed by atoms with E-state index in [0.717, 1.165) is 63.3 Å². The van der Waals surface area contributed by atoms with Gasteiger partial charge in [-0.3, -0.25) is 4.90 Å². The summed E-state index contributed by atoms with van der Waals surface area (Å²) >= 11 is 1.80. The topological polar surface area (TPSA) is 48.7 Å². The summed E-state index contributed by atoms with van der Waals surface area (Å²) in [5.74, 6) is 1.03. The molecule has 2 aromatic rings. The lowest BCUT2D eigenvalue weighted by atomic mass is 9.93. The summed E-state index contributed by atoms with van der Waals surface area (Å²) in [7, 11) is 0. The van der Waals surface area contributed by atoms with Crippen LogP contribution in [-0.4, -0.2) is 42.0 Å². The third kappa shape index (κ3) is 3.35. The number of urea groups is 1. The van der Waals surface area contributed by atoms with Crippen LogP contribution in [0.4, 0.5) is 4.79 Å². The van der Waals surface area contributed by atoms with Crippen LogP contribution in [0.25, 0.3) is 0 Å². The molecule has 3 heterocycles. The third-order valence-corrected chi connectivity index (χ3v) is 5.83. The van der Waals surface area contributed by atoms with Crippen molar-refractivity contribution in [3.8, 4) is 0 Å². The Balaban J connectivity index is 1.29. The standard InChI is InChI=1S/C18H23N3O2S/c22-18(19-16-4-1-5-17-15(16)6-11-23-17)21-9-7-20(8-10-21)13-14-3-2-12-24-14/h2-3,6,11-12,16H,1,4-5,7-10,13H2,(H,19,22). The molecule has 2 aromatic heterocycles. The highest BCUT2D eigenvalue weighted by Gasteiger charge is 2.27. The first-order chi connectivity index (χ1) is 11.8. The van der Waals surface area contributed by atoms with E-state index >= 15 is 0 Å². The fourth-order valence-electron chi connectivity index (χ4n) is 3.61. The number of amides is 2. The van der Waals surface area contributed by atoms with Crippen molar-refractivity contribution in [3.63, 3.8) is 0 Å². The van der Waals surface area contributed by atoms with E-state index in [0.29, 0.717) is 0 Å². The van der Waals surface area contributed by atoms with Gasteiger partial charge in [0.2, 0.25) is 0 Å². The highest BCUT2D eigenvalue weighted by Crippen LogP contribution is 2.30. The summed E-state index contributed by atoms with van der Waals surface area (Å²) in [5.41, 5.74) is 1.16. The second-order valence-electron chi connectivity index (χ2n) is 6.54. The van der Waals surface area contributed by atoms with E-state index in [-0.39, 0.29) is 12.1 Å². The molecule has 2 aliphatic rings. The fraction of sp³-hybridized carbons (Fsp3) is 0.500. The molecule has 0 spiro atoms. The fourth-order valence-corrected chi connectivity index (χ4v) is 4.35. The minimum Gasteiger partial charge on any atom is -0.469 e. The SMILES string of the molecule is O=C(NC1CCCc2occc21)N1CCN(Cc2cccs2)CC1. The Morgan fingerprint density at radius 2 is 2.17 bits per heavy atom. The number of fused-ring (bicyclic) bond motifs is 1. The quantitative estimate of drug-likeness (QED) is 0.929. The van der Waals surface area contributed by atoms with Gasteiger partial charge in [0, 0.05) is 49.6 Å². The van der Waals surface area contributed by atoms with Crippen LogP contribution in [0, 0.1) is 0 Å². The largest absolute Gasteiger partial charge is 0.469 e. The van der Waals surface area contributed by atoms with Gasteiger partial charge >= 0.3 is 6.03 Å². The van der Waals surface area contributed by atoms with Crippen LogP contribution in [0.2, 0.25) is 0 Å². The van der Waals surface area contributed by atoms with Gasteiger partial charge < -0.3 is 14.6 Å². The second-order valence-corrected chi connectivity index (χ2v) is 7.57. The molecule has 0 saturated carbocycles. The van der Waals surface area contributed by atoms with Crippen LogP contribution in [-0.2, 0) is 13.0 Å². The summed E-state index contributed by atoms with van der Waals surface area (Å²) in [4.78, 5) is 18.3. The molecule has 128 valence electrons. The lowest BCUT2D eigenvalue weighted by Crippen LogP contribution is -2.52. The molecule has 1 saturated heterocycles. The Labute approximate surface area is 146 Å². The van der Waals surface area contributed by atoms with Gasteiger partial charge in [-0.1, -0.05) is 6.07 Å². The molecule has 1 fully saturated rings. The van der Waals surface area contributed by atoms with Gasteiger partial charge in [-0.25, -0.2) is 4.79 Å². The van der Waals surface area contributed by atoms with Crippen molar-refractivity contribution in [2.24, 2.45) is 0 Å². The van der Waals surface area contributed by atoms with E-state index in [9.17, 15) is 4.79 Å². The smallest absolute Gasteiger partial charge is 0.317 e. The monoisotopic (exact) mass is 345 g/mol. The Morgan fingerprint density at radius 3 is 2.96 bits per heavy atom. The molecule has 5 nitrogen and oxygen atoms in total. The van der Waals surface area contributed by atoms with Crippen molar-refractivity contribution in [2.45, 2.75) is 31.8 Å².